The summed E-state index contributed by atoms with van der Waals surface area (Å²) in [5.74, 6) is 0. The molecule has 0 amide bonds. The van der Waals surface area contributed by atoms with Crippen molar-refractivity contribution >= 4 is 11.3 Å². The molecule has 3 nitrogen and oxygen atoms in total. The van der Waals surface area contributed by atoms with Gasteiger partial charge in [-0.3, -0.25) is 4.90 Å². The molecule has 0 bridgehead atoms. The summed E-state index contributed by atoms with van der Waals surface area (Å²) in [7, 11) is 2.24. The molecule has 1 aromatic rings. The van der Waals surface area contributed by atoms with Crippen LogP contribution in [0.5, 0.6) is 0 Å². The van der Waals surface area contributed by atoms with Gasteiger partial charge in [0, 0.05) is 24.0 Å². The zero-order valence-corrected chi connectivity index (χ0v) is 12.7. The van der Waals surface area contributed by atoms with E-state index < -0.39 is 0 Å². The molecule has 0 aliphatic carbocycles. The first-order valence-corrected chi connectivity index (χ1v) is 7.86. The summed E-state index contributed by atoms with van der Waals surface area (Å²) in [5, 5.41) is 0. The lowest BCUT2D eigenvalue weighted by Gasteiger charge is -2.28. The Morgan fingerprint density at radius 1 is 1.44 bits per heavy atom. The number of hydrogen-bond acceptors (Lipinski definition) is 4. The fourth-order valence-electron chi connectivity index (χ4n) is 2.70. The van der Waals surface area contributed by atoms with Crippen LogP contribution in [0.3, 0.4) is 0 Å². The second-order valence-electron chi connectivity index (χ2n) is 5.47. The maximum Gasteiger partial charge on any atom is 0.0797 e. The maximum absolute atomic E-state index is 4.31. The smallest absolute Gasteiger partial charge is 0.0797 e. The van der Waals surface area contributed by atoms with Crippen LogP contribution in [0.4, 0.5) is 0 Å². The highest BCUT2D eigenvalue weighted by molar-refractivity contribution is 7.09. The van der Waals surface area contributed by atoms with Crippen LogP contribution in [-0.2, 0) is 6.42 Å². The molecule has 1 aliphatic rings. The average molecular weight is 267 g/mol. The lowest BCUT2D eigenvalue weighted by molar-refractivity contribution is 0.193. The number of aromatic nitrogens is 1. The Bertz CT molecular complexity index is 358. The molecule has 102 valence electrons. The second-order valence-corrected chi connectivity index (χ2v) is 6.40. The van der Waals surface area contributed by atoms with Gasteiger partial charge in [0.1, 0.15) is 0 Å². The molecule has 4 heteroatoms. The van der Waals surface area contributed by atoms with E-state index in [0.717, 1.165) is 13.0 Å². The number of nitrogens with zero attached hydrogens (tertiary/aromatic N) is 3. The fourth-order valence-corrected chi connectivity index (χ4v) is 3.47. The lowest BCUT2D eigenvalue weighted by atomic mass is 10.2. The minimum Gasteiger partial charge on any atom is -0.304 e. The van der Waals surface area contributed by atoms with Gasteiger partial charge in [0.25, 0.3) is 0 Å². The normalized spacial score (nSPS) is 18.7. The van der Waals surface area contributed by atoms with Crippen LogP contribution in [-0.4, -0.2) is 54.1 Å². The Balaban J connectivity index is 1.71. The Kier molecular flexibility index (Phi) is 5.15. The van der Waals surface area contributed by atoms with Crippen LogP contribution in [0.1, 0.15) is 30.3 Å². The summed E-state index contributed by atoms with van der Waals surface area (Å²) in [5.41, 5.74) is 3.17. The Morgan fingerprint density at radius 2 is 2.17 bits per heavy atom. The molecule has 0 unspecified atom stereocenters. The zero-order valence-electron chi connectivity index (χ0n) is 11.9. The molecule has 1 atom stereocenters. The SMILES string of the molecule is Cc1ncsc1CCN(C)C[C@H](C)N1CCCC1. The van der Waals surface area contributed by atoms with Gasteiger partial charge in [0.05, 0.1) is 11.2 Å². The third kappa shape index (κ3) is 3.77. The summed E-state index contributed by atoms with van der Waals surface area (Å²) < 4.78 is 0. The van der Waals surface area contributed by atoms with Crippen molar-refractivity contribution in [3.8, 4) is 0 Å². The van der Waals surface area contributed by atoms with Gasteiger partial charge in [0.15, 0.2) is 0 Å². The van der Waals surface area contributed by atoms with Crippen molar-refractivity contribution in [1.29, 1.82) is 0 Å². The predicted molar refractivity (Wildman–Crippen MR) is 78.3 cm³/mol. The standard InChI is InChI=1S/C14H25N3S/c1-12(17-7-4-5-8-17)10-16(3)9-6-14-13(2)15-11-18-14/h11-12H,4-10H2,1-3H3/t12-/m0/s1. The van der Waals surface area contributed by atoms with E-state index >= 15 is 0 Å². The van der Waals surface area contributed by atoms with Crippen LogP contribution in [0.2, 0.25) is 0 Å². The third-order valence-electron chi connectivity index (χ3n) is 3.91. The molecule has 2 rings (SSSR count). The van der Waals surface area contributed by atoms with Gasteiger partial charge in [-0.2, -0.15) is 0 Å². The van der Waals surface area contributed by atoms with E-state index in [1.165, 1.54) is 43.0 Å². The molecule has 0 radical (unpaired) electrons. The summed E-state index contributed by atoms with van der Waals surface area (Å²) in [6, 6.07) is 0.694. The molecule has 0 spiro atoms. The van der Waals surface area contributed by atoms with Crippen molar-refractivity contribution in [1.82, 2.24) is 14.8 Å². The van der Waals surface area contributed by atoms with E-state index in [-0.39, 0.29) is 0 Å². The molecule has 1 aromatic heterocycles. The maximum atomic E-state index is 4.31. The first-order chi connectivity index (χ1) is 8.66. The van der Waals surface area contributed by atoms with Crippen molar-refractivity contribution < 1.29 is 0 Å². The number of aryl methyl sites for hydroxylation is 1. The molecule has 0 saturated carbocycles. The Labute approximate surface area is 115 Å². The first kappa shape index (κ1) is 14.0. The van der Waals surface area contributed by atoms with E-state index in [1.807, 2.05) is 5.51 Å². The number of rotatable bonds is 6. The number of likely N-dealkylation sites (N-methyl/N-ethyl adjacent to an activating group) is 1. The molecular weight excluding hydrogens is 242 g/mol. The van der Waals surface area contributed by atoms with Gasteiger partial charge in [-0.25, -0.2) is 4.98 Å². The van der Waals surface area contributed by atoms with Gasteiger partial charge in [0.2, 0.25) is 0 Å². The van der Waals surface area contributed by atoms with E-state index in [2.05, 4.69) is 35.7 Å². The summed E-state index contributed by atoms with van der Waals surface area (Å²) in [4.78, 5) is 10.8. The van der Waals surface area contributed by atoms with Crippen LogP contribution < -0.4 is 0 Å². The van der Waals surface area contributed by atoms with Crippen molar-refractivity contribution in [2.45, 2.75) is 39.2 Å². The van der Waals surface area contributed by atoms with Gasteiger partial charge in [-0.15, -0.1) is 11.3 Å². The Morgan fingerprint density at radius 3 is 2.78 bits per heavy atom. The number of hydrogen-bond donors (Lipinski definition) is 0. The highest BCUT2D eigenvalue weighted by Gasteiger charge is 2.19. The summed E-state index contributed by atoms with van der Waals surface area (Å²) in [6.45, 7) is 9.38. The van der Waals surface area contributed by atoms with Crippen LogP contribution in [0.25, 0.3) is 0 Å². The highest BCUT2D eigenvalue weighted by atomic mass is 32.1. The molecule has 18 heavy (non-hydrogen) atoms. The van der Waals surface area contributed by atoms with Crippen molar-refractivity contribution in [2.75, 3.05) is 33.2 Å². The molecular formula is C14H25N3S. The predicted octanol–water partition coefficient (Wildman–Crippen LogP) is 2.41. The number of likely N-dealkylation sites (tertiary alicyclic amines) is 1. The quantitative estimate of drug-likeness (QED) is 0.789. The first-order valence-electron chi connectivity index (χ1n) is 6.98. The zero-order chi connectivity index (χ0) is 13.0. The van der Waals surface area contributed by atoms with Crippen molar-refractivity contribution in [3.05, 3.63) is 16.1 Å². The average Bonchev–Trinajstić information content (AvgIpc) is 2.97. The monoisotopic (exact) mass is 267 g/mol. The largest absolute Gasteiger partial charge is 0.304 e. The van der Waals surface area contributed by atoms with Crippen molar-refractivity contribution in [3.63, 3.8) is 0 Å². The van der Waals surface area contributed by atoms with Gasteiger partial charge < -0.3 is 4.90 Å². The summed E-state index contributed by atoms with van der Waals surface area (Å²) >= 11 is 1.79. The van der Waals surface area contributed by atoms with Gasteiger partial charge >= 0.3 is 0 Å². The summed E-state index contributed by atoms with van der Waals surface area (Å²) in [6.07, 6.45) is 3.90. The topological polar surface area (TPSA) is 19.4 Å². The minimum atomic E-state index is 0.694. The third-order valence-corrected chi connectivity index (χ3v) is 4.90. The van der Waals surface area contributed by atoms with Crippen molar-refractivity contribution in [2.24, 2.45) is 0 Å². The van der Waals surface area contributed by atoms with Gasteiger partial charge in [-0.1, -0.05) is 0 Å². The lowest BCUT2D eigenvalue weighted by Crippen LogP contribution is -2.40. The van der Waals surface area contributed by atoms with E-state index in [4.69, 9.17) is 0 Å². The van der Waals surface area contributed by atoms with Gasteiger partial charge in [-0.05, 0) is 53.2 Å². The molecule has 2 heterocycles. The fraction of sp³-hybridized carbons (Fsp3) is 0.786. The van der Waals surface area contributed by atoms with Crippen LogP contribution in [0.15, 0.2) is 5.51 Å². The van der Waals surface area contributed by atoms with E-state index in [1.54, 1.807) is 11.3 Å². The molecule has 1 aliphatic heterocycles. The minimum absolute atomic E-state index is 0.694. The molecule has 1 fully saturated rings. The van der Waals surface area contributed by atoms with Crippen LogP contribution >= 0.6 is 11.3 Å². The van der Waals surface area contributed by atoms with E-state index in [0.29, 0.717) is 6.04 Å². The Hall–Kier alpha value is -0.450. The number of thiazole rings is 1. The highest BCUT2D eigenvalue weighted by Crippen LogP contribution is 2.14. The molecule has 0 N–H and O–H groups in total. The van der Waals surface area contributed by atoms with E-state index in [9.17, 15) is 0 Å². The molecule has 1 saturated heterocycles. The molecule has 0 aromatic carbocycles. The second kappa shape index (κ2) is 6.64. The van der Waals surface area contributed by atoms with Crippen LogP contribution in [0, 0.1) is 6.92 Å².